The largest absolute Gasteiger partial charge is 1.00 e. The van der Waals surface area contributed by atoms with Gasteiger partial charge in [-0.1, -0.05) is 191 Å². The molecule has 8 aliphatic rings. The van der Waals surface area contributed by atoms with Crippen molar-refractivity contribution in [2.45, 2.75) is 208 Å². The third-order valence-corrected chi connectivity index (χ3v) is 26.8. The van der Waals surface area contributed by atoms with E-state index in [9.17, 15) is 26.3 Å². The molecule has 0 amide bonds. The number of halogens is 12. The molecule has 2 fully saturated rings. The number of hydrogen-bond donors (Lipinski definition) is 0. The van der Waals surface area contributed by atoms with Gasteiger partial charge >= 0.3 is 349 Å². The first-order chi connectivity index (χ1) is 55.0. The Bertz CT molecular complexity index is 4440. The van der Waals surface area contributed by atoms with Gasteiger partial charge in [-0.25, -0.2) is 13.2 Å². The first-order valence-electron chi connectivity index (χ1n) is 41.5. The Labute approximate surface area is 1040 Å². The Kier molecular flexibility index (Phi) is 56.8. The topological polar surface area (TPSA) is 0 Å². The van der Waals surface area contributed by atoms with Crippen LogP contribution in [0.4, 0.5) is 26.3 Å². The number of hydrogen-bond acceptors (Lipinski definition) is 0. The van der Waals surface area contributed by atoms with Crippen LogP contribution in [0.15, 0.2) is 158 Å². The van der Waals surface area contributed by atoms with Crippen molar-refractivity contribution in [3.05, 3.63) is 293 Å². The normalized spacial score (nSPS) is 22.3. The fourth-order valence-corrected chi connectivity index (χ4v) is 18.5. The number of allylic oxidation sites excluding steroid dienone is 12. The number of benzene rings is 8. The molecule has 6 atom stereocenters. The average molecular weight is 2170 g/mol. The summed E-state index contributed by atoms with van der Waals surface area (Å²) in [7, 11) is 0. The van der Waals surface area contributed by atoms with Gasteiger partial charge in [-0.3, -0.25) is 13.2 Å². The van der Waals surface area contributed by atoms with Crippen LogP contribution in [0.3, 0.4) is 0 Å². The molecule has 0 radical (unpaired) electrons. The molecular formula is C102H106Cl6F6Rb6. The summed E-state index contributed by atoms with van der Waals surface area (Å²) in [5, 5.41) is 0.812. The second-order valence-electron chi connectivity index (χ2n) is 33.3. The van der Waals surface area contributed by atoms with E-state index in [4.69, 9.17) is 69.6 Å². The summed E-state index contributed by atoms with van der Waals surface area (Å²) < 4.78 is 82.0. The van der Waals surface area contributed by atoms with Gasteiger partial charge in [-0.15, -0.1) is 69.7 Å². The van der Waals surface area contributed by atoms with Crippen LogP contribution in [-0.4, -0.2) is 0 Å². The summed E-state index contributed by atoms with van der Waals surface area (Å²) in [6.07, 6.45) is 44.7. The maximum atomic E-state index is 14.1. The molecule has 8 aromatic carbocycles. The smallest absolute Gasteiger partial charge is 0.282 e. The van der Waals surface area contributed by atoms with Gasteiger partial charge in [0.2, 0.25) is 0 Å². The predicted molar refractivity (Wildman–Crippen MR) is 469 cm³/mol. The molecule has 8 aliphatic carbocycles. The van der Waals surface area contributed by atoms with Crippen molar-refractivity contribution in [2.75, 3.05) is 0 Å². The van der Waals surface area contributed by atoms with E-state index in [0.29, 0.717) is 28.2 Å². The van der Waals surface area contributed by atoms with E-state index < -0.39 is 23.3 Å². The van der Waals surface area contributed by atoms with Crippen LogP contribution in [0.1, 0.15) is 242 Å². The standard InChI is InChI=1S/C19H23ClF.C19H17ClF.C19H23ClF.C19H17ClF.2C13H13ClF.6Rb/c2*1-13-5-7-14(8-6-13)15-9-11-16(12-10-15)17-3-2-4-18(21)19(17)20;2*1-13-5-7-14(8-6-13)15-9-11-16(12-10-15)17-3-2-4-18(20)19(17)21;1-9-5-7-10(8-6-9)11-3-2-4-12(15)13(11)14;1-9-5-7-10(8-6-9)11-3-2-4-12(14)13(11)15;;;;;;/h2-3,11,13-15H,5-10,12H2,1H3;2-3,7,9-13H,5-6,8H2,1H3;2-3,11,13-15H,5-10,12H2,1H3;2-3,7,9-13H,5-6,8H2,1H3;2*2-3,7,9H,5-6,8H2,1H3;;;;;;/q6*-1;6*+1. The van der Waals surface area contributed by atoms with Gasteiger partial charge in [-0.2, -0.15) is 126 Å². The van der Waals surface area contributed by atoms with Gasteiger partial charge < -0.3 is 0 Å². The number of rotatable bonds is 10. The van der Waals surface area contributed by atoms with Crippen LogP contribution >= 0.6 is 69.6 Å². The molecule has 18 heteroatoms. The monoisotopic (exact) mass is 2160 g/mol. The zero-order valence-corrected chi connectivity index (χ0v) is 107. The molecule has 6 unspecified atom stereocenters. The molecule has 0 nitrogen and oxygen atoms in total. The van der Waals surface area contributed by atoms with Crippen molar-refractivity contribution in [3.8, 4) is 22.3 Å². The maximum absolute atomic E-state index is 14.1. The van der Waals surface area contributed by atoms with Gasteiger partial charge in [-0.05, 0) is 264 Å². The maximum Gasteiger partial charge on any atom is 1.00 e. The van der Waals surface area contributed by atoms with Crippen LogP contribution < -0.4 is 349 Å². The van der Waals surface area contributed by atoms with Gasteiger partial charge in [0.1, 0.15) is 0 Å². The molecule has 0 aromatic heterocycles. The summed E-state index contributed by atoms with van der Waals surface area (Å²) in [4.78, 5) is 0. The van der Waals surface area contributed by atoms with E-state index in [1.165, 1.54) is 110 Å². The van der Waals surface area contributed by atoms with Gasteiger partial charge in [0, 0.05) is 34.9 Å². The molecule has 120 heavy (non-hydrogen) atoms. The van der Waals surface area contributed by atoms with E-state index in [1.54, 1.807) is 60.7 Å². The second kappa shape index (κ2) is 59.4. The third kappa shape index (κ3) is 34.6. The van der Waals surface area contributed by atoms with E-state index in [2.05, 4.69) is 139 Å². The fourth-order valence-electron chi connectivity index (χ4n) is 17.3. The van der Waals surface area contributed by atoms with Gasteiger partial charge in [0.25, 0.3) is 0 Å². The molecule has 2 saturated carbocycles. The van der Waals surface area contributed by atoms with Crippen LogP contribution in [0.2, 0.25) is 30.1 Å². The van der Waals surface area contributed by atoms with E-state index in [0.717, 1.165) is 177 Å². The summed E-state index contributed by atoms with van der Waals surface area (Å²) >= 11 is 35.3. The molecule has 0 saturated heterocycles. The van der Waals surface area contributed by atoms with Crippen LogP contribution in [0.5, 0.6) is 0 Å². The van der Waals surface area contributed by atoms with Crippen LogP contribution in [0.25, 0.3) is 55.7 Å². The summed E-state index contributed by atoms with van der Waals surface area (Å²) in [5.41, 5.74) is 15.9. The Hall–Kier alpha value is 4.35. The van der Waals surface area contributed by atoms with E-state index in [1.807, 2.05) is 36.4 Å². The summed E-state index contributed by atoms with van der Waals surface area (Å²) in [5.74, 6) is 5.81. The first kappa shape index (κ1) is 115. The Morgan fingerprint density at radius 2 is 0.475 bits per heavy atom. The van der Waals surface area contributed by atoms with Gasteiger partial charge in [0.05, 0.1) is 0 Å². The van der Waals surface area contributed by atoms with Crippen molar-refractivity contribution in [2.24, 2.45) is 59.2 Å². The zero-order valence-electron chi connectivity index (χ0n) is 72.7. The fraction of sp³-hybridized carbons (Fsp3) is 0.412. The minimum Gasteiger partial charge on any atom is -0.282 e. The third-order valence-electron chi connectivity index (χ3n) is 24.9. The Morgan fingerprint density at radius 3 is 0.783 bits per heavy atom. The van der Waals surface area contributed by atoms with E-state index >= 15 is 0 Å². The van der Waals surface area contributed by atoms with Gasteiger partial charge in [0.15, 0.2) is 0 Å². The minimum atomic E-state index is -0.498. The predicted octanol–water partition coefficient (Wildman–Crippen LogP) is 15.9. The second-order valence-corrected chi connectivity index (χ2v) is 35.5. The van der Waals surface area contributed by atoms with Crippen molar-refractivity contribution in [3.63, 3.8) is 0 Å². The molecule has 604 valence electrons. The summed E-state index contributed by atoms with van der Waals surface area (Å²) in [6, 6.07) is 52.4. The van der Waals surface area contributed by atoms with Crippen molar-refractivity contribution in [1.29, 1.82) is 0 Å². The Morgan fingerprint density at radius 1 is 0.233 bits per heavy atom. The van der Waals surface area contributed by atoms with Crippen LogP contribution in [-0.2, 0) is 0 Å². The molecule has 8 aromatic rings. The van der Waals surface area contributed by atoms with Crippen molar-refractivity contribution >= 4 is 103 Å². The van der Waals surface area contributed by atoms with Crippen molar-refractivity contribution < 1.29 is 375 Å². The Balaban J connectivity index is 0.000000255. The quantitative estimate of drug-likeness (QED) is 0.0946. The molecule has 0 aliphatic heterocycles. The molecule has 0 N–H and O–H groups in total. The SMILES string of the molecule is CC1CC=C(c2cc[c-]c(Cl)c2F)CC1.CC1CC=C(c2cc[c-]c(F)c2Cl)CC1.CC1CC=C(c2ccc(-c3cc[c-]c(Cl)c3F)cc2)CC1.CC1CC=C(c2ccc(-c3cc[c-]c(F)c3Cl)cc2)CC1.CC1CCC(C2CC=C(c3cc[c-]c(Cl)c3F)CC2)CC1.CC1CCC(C2CC=C(c3cc[c-]c(F)c3Cl)CC2)CC1.[Rb+].[Rb+].[Rb+].[Rb+].[Rb+].[Rb+]. The summed E-state index contributed by atoms with van der Waals surface area (Å²) in [6.45, 7) is 13.8. The van der Waals surface area contributed by atoms with E-state index in [-0.39, 0.29) is 391 Å². The molecule has 0 heterocycles. The zero-order chi connectivity index (χ0) is 81.0. The first-order valence-corrected chi connectivity index (χ1v) is 43.7. The average Bonchev–Trinajstić information content (AvgIpc) is 0.836. The van der Waals surface area contributed by atoms with Crippen LogP contribution in [0, 0.1) is 130 Å². The minimum absolute atomic E-state index is 0. The molecule has 16 rings (SSSR count). The molecule has 0 spiro atoms. The molecule has 0 bridgehead atoms. The van der Waals surface area contributed by atoms with Crippen molar-refractivity contribution in [1.82, 2.24) is 0 Å². The molecular weight excluding hydrogens is 2060 g/mol.